The summed E-state index contributed by atoms with van der Waals surface area (Å²) in [6.45, 7) is 2.16. The van der Waals surface area contributed by atoms with Gasteiger partial charge >= 0.3 is 0 Å². The summed E-state index contributed by atoms with van der Waals surface area (Å²) in [4.78, 5) is 24.8. The van der Waals surface area contributed by atoms with E-state index in [-0.39, 0.29) is 18.3 Å². The molecule has 0 aliphatic rings. The number of ether oxygens (including phenoxy) is 1. The molecule has 0 unspecified atom stereocenters. The van der Waals surface area contributed by atoms with Crippen LogP contribution in [0.25, 0.3) is 0 Å². The highest BCUT2D eigenvalue weighted by molar-refractivity contribution is 5.77. The number of benzene rings is 2. The maximum Gasteiger partial charge on any atom is 0.260 e. The first-order valence-corrected chi connectivity index (χ1v) is 8.03. The molecule has 0 heterocycles. The SMILES string of the molecule is CC(=O)CCc1ccc(OCC(=O)N(C)Cc2ccccc2)cc1. The van der Waals surface area contributed by atoms with Crippen molar-refractivity contribution in [2.24, 2.45) is 0 Å². The molecular weight excluding hydrogens is 302 g/mol. The van der Waals surface area contributed by atoms with E-state index in [1.807, 2.05) is 54.6 Å². The Morgan fingerprint density at radius 1 is 0.958 bits per heavy atom. The van der Waals surface area contributed by atoms with Crippen LogP contribution in [0.3, 0.4) is 0 Å². The summed E-state index contributed by atoms with van der Waals surface area (Å²) in [6, 6.07) is 17.4. The lowest BCUT2D eigenvalue weighted by molar-refractivity contribution is -0.132. The summed E-state index contributed by atoms with van der Waals surface area (Å²) in [6.07, 6.45) is 1.28. The van der Waals surface area contributed by atoms with Crippen molar-refractivity contribution < 1.29 is 14.3 Å². The summed E-state index contributed by atoms with van der Waals surface area (Å²) in [5.74, 6) is 0.768. The van der Waals surface area contributed by atoms with E-state index < -0.39 is 0 Å². The Labute approximate surface area is 143 Å². The summed E-state index contributed by atoms with van der Waals surface area (Å²) in [7, 11) is 1.77. The van der Waals surface area contributed by atoms with Crippen molar-refractivity contribution >= 4 is 11.7 Å². The molecule has 2 rings (SSSR count). The minimum atomic E-state index is -0.0699. The molecule has 0 spiro atoms. The second-order valence-corrected chi connectivity index (χ2v) is 5.87. The lowest BCUT2D eigenvalue weighted by Crippen LogP contribution is -2.30. The normalized spacial score (nSPS) is 10.2. The molecule has 4 heteroatoms. The van der Waals surface area contributed by atoms with Crippen LogP contribution in [-0.2, 0) is 22.6 Å². The zero-order valence-electron chi connectivity index (χ0n) is 14.2. The summed E-state index contributed by atoms with van der Waals surface area (Å²) >= 11 is 0. The van der Waals surface area contributed by atoms with Crippen LogP contribution in [0.4, 0.5) is 0 Å². The molecule has 0 aliphatic heterocycles. The van der Waals surface area contributed by atoms with Gasteiger partial charge in [0.2, 0.25) is 0 Å². The van der Waals surface area contributed by atoms with Crippen LogP contribution in [0.15, 0.2) is 54.6 Å². The van der Waals surface area contributed by atoms with Gasteiger partial charge in [-0.3, -0.25) is 4.79 Å². The van der Waals surface area contributed by atoms with Crippen molar-refractivity contribution in [3.63, 3.8) is 0 Å². The Morgan fingerprint density at radius 2 is 1.62 bits per heavy atom. The molecule has 0 bridgehead atoms. The molecule has 0 fully saturated rings. The minimum absolute atomic E-state index is 0.0100. The number of hydrogen-bond acceptors (Lipinski definition) is 3. The number of amides is 1. The fourth-order valence-electron chi connectivity index (χ4n) is 2.27. The van der Waals surface area contributed by atoms with Crippen LogP contribution in [0, 0.1) is 0 Å². The van der Waals surface area contributed by atoms with Gasteiger partial charge in [-0.05, 0) is 36.6 Å². The first kappa shape index (κ1) is 17.7. The molecule has 126 valence electrons. The zero-order valence-corrected chi connectivity index (χ0v) is 14.2. The number of ketones is 1. The van der Waals surface area contributed by atoms with E-state index in [2.05, 4.69) is 0 Å². The largest absolute Gasteiger partial charge is 0.484 e. The average molecular weight is 325 g/mol. The number of nitrogens with zero attached hydrogens (tertiary/aromatic N) is 1. The molecule has 0 atom stereocenters. The highest BCUT2D eigenvalue weighted by Gasteiger charge is 2.10. The predicted octanol–water partition coefficient (Wildman–Crippen LogP) is 3.25. The van der Waals surface area contributed by atoms with Crippen molar-refractivity contribution in [1.29, 1.82) is 0 Å². The fraction of sp³-hybridized carbons (Fsp3) is 0.300. The molecule has 1 amide bonds. The quantitative estimate of drug-likeness (QED) is 0.748. The molecule has 2 aromatic rings. The molecule has 0 saturated carbocycles. The van der Waals surface area contributed by atoms with Crippen LogP contribution in [0.5, 0.6) is 5.75 Å². The third-order valence-corrected chi connectivity index (χ3v) is 3.74. The lowest BCUT2D eigenvalue weighted by Gasteiger charge is -2.17. The number of carbonyl (C=O) groups excluding carboxylic acids is 2. The van der Waals surface area contributed by atoms with Gasteiger partial charge < -0.3 is 14.4 Å². The number of rotatable bonds is 8. The Balaban J connectivity index is 1.79. The third kappa shape index (κ3) is 5.88. The van der Waals surface area contributed by atoms with E-state index in [9.17, 15) is 9.59 Å². The average Bonchev–Trinajstić information content (AvgIpc) is 2.59. The molecule has 2 aromatic carbocycles. The van der Waals surface area contributed by atoms with Gasteiger partial charge in [-0.1, -0.05) is 42.5 Å². The number of likely N-dealkylation sites (N-methyl/N-ethyl adjacent to an activating group) is 1. The highest BCUT2D eigenvalue weighted by atomic mass is 16.5. The van der Waals surface area contributed by atoms with Crippen molar-refractivity contribution in [3.8, 4) is 5.75 Å². The first-order chi connectivity index (χ1) is 11.5. The van der Waals surface area contributed by atoms with Gasteiger partial charge in [0.25, 0.3) is 5.91 Å². The van der Waals surface area contributed by atoms with Crippen LogP contribution >= 0.6 is 0 Å². The molecule has 4 nitrogen and oxygen atoms in total. The molecular formula is C20H23NO3. The third-order valence-electron chi connectivity index (χ3n) is 3.74. The molecule has 0 aromatic heterocycles. The van der Waals surface area contributed by atoms with Gasteiger partial charge in [0.05, 0.1) is 0 Å². The fourth-order valence-corrected chi connectivity index (χ4v) is 2.27. The maximum absolute atomic E-state index is 12.1. The van der Waals surface area contributed by atoms with Crippen molar-refractivity contribution in [2.45, 2.75) is 26.3 Å². The van der Waals surface area contributed by atoms with Gasteiger partial charge in [-0.25, -0.2) is 0 Å². The number of aryl methyl sites for hydroxylation is 1. The van der Waals surface area contributed by atoms with E-state index >= 15 is 0 Å². The Bertz CT molecular complexity index is 665. The van der Waals surface area contributed by atoms with E-state index in [0.29, 0.717) is 18.7 Å². The number of carbonyl (C=O) groups is 2. The standard InChI is InChI=1S/C20H23NO3/c1-16(22)8-9-17-10-12-19(13-11-17)24-15-20(23)21(2)14-18-6-4-3-5-7-18/h3-7,10-13H,8-9,14-15H2,1-2H3. The summed E-state index contributed by atoms with van der Waals surface area (Å²) in [5.41, 5.74) is 2.17. The van der Waals surface area contributed by atoms with Gasteiger partial charge in [0.1, 0.15) is 11.5 Å². The lowest BCUT2D eigenvalue weighted by atomic mass is 10.1. The van der Waals surface area contributed by atoms with E-state index in [1.165, 1.54) is 0 Å². The number of hydrogen-bond donors (Lipinski definition) is 0. The van der Waals surface area contributed by atoms with Gasteiger partial charge in [-0.15, -0.1) is 0 Å². The van der Waals surface area contributed by atoms with Gasteiger partial charge in [0.15, 0.2) is 6.61 Å². The Hall–Kier alpha value is -2.62. The Morgan fingerprint density at radius 3 is 2.25 bits per heavy atom. The van der Waals surface area contributed by atoms with Gasteiger partial charge in [0, 0.05) is 20.0 Å². The molecule has 0 aliphatic carbocycles. The Kier molecular flexibility index (Phi) is 6.55. The summed E-state index contributed by atoms with van der Waals surface area (Å²) < 4.78 is 5.55. The first-order valence-electron chi connectivity index (χ1n) is 8.03. The van der Waals surface area contributed by atoms with Crippen LogP contribution in [-0.4, -0.2) is 30.2 Å². The van der Waals surface area contributed by atoms with Gasteiger partial charge in [-0.2, -0.15) is 0 Å². The molecule has 0 radical (unpaired) electrons. The minimum Gasteiger partial charge on any atom is -0.484 e. The topological polar surface area (TPSA) is 46.6 Å². The summed E-state index contributed by atoms with van der Waals surface area (Å²) in [5, 5.41) is 0. The molecule has 0 N–H and O–H groups in total. The van der Waals surface area contributed by atoms with Crippen LogP contribution < -0.4 is 4.74 Å². The highest BCUT2D eigenvalue weighted by Crippen LogP contribution is 2.14. The van der Waals surface area contributed by atoms with Crippen LogP contribution in [0.1, 0.15) is 24.5 Å². The zero-order chi connectivity index (χ0) is 17.4. The predicted molar refractivity (Wildman–Crippen MR) is 93.9 cm³/mol. The molecule has 0 saturated heterocycles. The second kappa shape index (κ2) is 8.87. The van der Waals surface area contributed by atoms with E-state index in [1.54, 1.807) is 18.9 Å². The molecule has 24 heavy (non-hydrogen) atoms. The monoisotopic (exact) mass is 325 g/mol. The van der Waals surface area contributed by atoms with E-state index in [0.717, 1.165) is 17.5 Å². The maximum atomic E-state index is 12.1. The number of Topliss-reactive ketones (excluding diaryl/α,β-unsaturated/α-hetero) is 1. The second-order valence-electron chi connectivity index (χ2n) is 5.87. The smallest absolute Gasteiger partial charge is 0.260 e. The van der Waals surface area contributed by atoms with Crippen molar-refractivity contribution in [3.05, 3.63) is 65.7 Å². The van der Waals surface area contributed by atoms with Crippen LogP contribution in [0.2, 0.25) is 0 Å². The van der Waals surface area contributed by atoms with E-state index in [4.69, 9.17) is 4.74 Å². The van der Waals surface area contributed by atoms with Crippen molar-refractivity contribution in [2.75, 3.05) is 13.7 Å². The van der Waals surface area contributed by atoms with Crippen molar-refractivity contribution in [1.82, 2.24) is 4.90 Å².